The second-order valence-electron chi connectivity index (χ2n) is 5.18. The van der Waals surface area contributed by atoms with E-state index in [-0.39, 0.29) is 11.4 Å². The number of carbonyl (C=O) groups excluding carboxylic acids is 1. The fraction of sp³-hybridized carbons (Fsp3) is 0.417. The van der Waals surface area contributed by atoms with Gasteiger partial charge in [0, 0.05) is 10.6 Å². The van der Waals surface area contributed by atoms with Crippen LogP contribution in [-0.2, 0) is 4.79 Å². The van der Waals surface area contributed by atoms with E-state index >= 15 is 0 Å². The van der Waals surface area contributed by atoms with Gasteiger partial charge in [-0.3, -0.25) is 4.79 Å². The van der Waals surface area contributed by atoms with Crippen LogP contribution in [0.1, 0.15) is 20.8 Å². The quantitative estimate of drug-likeness (QED) is 0.863. The number of halogens is 2. The number of hydrazine groups is 2. The topological polar surface area (TPSA) is 35.6 Å². The third-order valence-electron chi connectivity index (χ3n) is 2.72. The van der Waals surface area contributed by atoms with Gasteiger partial charge in [0.05, 0.1) is 17.3 Å². The van der Waals surface area contributed by atoms with Gasteiger partial charge in [-0.2, -0.15) is 5.53 Å². The first-order valence-corrected chi connectivity index (χ1v) is 6.36. The van der Waals surface area contributed by atoms with Gasteiger partial charge >= 0.3 is 0 Å². The average Bonchev–Trinajstić information content (AvgIpc) is 2.60. The van der Waals surface area contributed by atoms with Crippen molar-refractivity contribution >= 4 is 34.8 Å². The lowest BCUT2D eigenvalue weighted by Gasteiger charge is -2.31. The maximum Gasteiger partial charge on any atom is 0.258 e. The van der Waals surface area contributed by atoms with Crippen LogP contribution in [0, 0.1) is 0 Å². The second kappa shape index (κ2) is 4.70. The molecule has 0 saturated carbocycles. The lowest BCUT2D eigenvalue weighted by Crippen LogP contribution is -2.49. The Labute approximate surface area is 116 Å². The third kappa shape index (κ3) is 2.62. The van der Waals surface area contributed by atoms with E-state index in [0.717, 1.165) is 0 Å². The van der Waals surface area contributed by atoms with Crippen LogP contribution in [0.3, 0.4) is 0 Å². The molecule has 1 N–H and O–H groups in total. The summed E-state index contributed by atoms with van der Waals surface area (Å²) in [6, 6.07) is 5.05. The Morgan fingerprint density at radius 2 is 1.94 bits per heavy atom. The van der Waals surface area contributed by atoms with E-state index in [9.17, 15) is 4.79 Å². The number of carbonyl (C=O) groups is 1. The van der Waals surface area contributed by atoms with Crippen molar-refractivity contribution in [1.29, 1.82) is 0 Å². The highest BCUT2D eigenvalue weighted by Crippen LogP contribution is 2.30. The molecule has 1 aliphatic rings. The molecule has 0 aromatic heterocycles. The minimum Gasteiger partial charge on any atom is -0.271 e. The van der Waals surface area contributed by atoms with Gasteiger partial charge in [0.25, 0.3) is 5.91 Å². The summed E-state index contributed by atoms with van der Waals surface area (Å²) in [6.07, 6.45) is 0. The number of nitrogens with zero attached hydrogens (tertiary/aromatic N) is 2. The lowest BCUT2D eigenvalue weighted by molar-refractivity contribution is -0.117. The van der Waals surface area contributed by atoms with Gasteiger partial charge in [-0.15, -0.1) is 0 Å². The maximum atomic E-state index is 12.0. The summed E-state index contributed by atoms with van der Waals surface area (Å²) < 4.78 is 0. The lowest BCUT2D eigenvalue weighted by atomic mass is 10.1. The monoisotopic (exact) mass is 287 g/mol. The number of benzene rings is 1. The van der Waals surface area contributed by atoms with Crippen molar-refractivity contribution in [3.8, 4) is 0 Å². The molecule has 1 saturated heterocycles. The summed E-state index contributed by atoms with van der Waals surface area (Å²) in [5, 5.41) is 4.30. The Hall–Kier alpha value is -0.810. The average molecular weight is 288 g/mol. The SMILES string of the molecule is CC(C)(C)N1CC(=O)N(c2ccc(Cl)cc2Cl)N1. The second-order valence-corrected chi connectivity index (χ2v) is 6.03. The van der Waals surface area contributed by atoms with Crippen LogP contribution >= 0.6 is 23.2 Å². The molecule has 4 nitrogen and oxygen atoms in total. The van der Waals surface area contributed by atoms with Crippen molar-refractivity contribution in [1.82, 2.24) is 10.5 Å². The molecule has 1 heterocycles. The summed E-state index contributed by atoms with van der Waals surface area (Å²) in [5.74, 6) is -0.0471. The fourth-order valence-corrected chi connectivity index (χ4v) is 2.15. The summed E-state index contributed by atoms with van der Waals surface area (Å²) in [4.78, 5) is 12.0. The number of rotatable bonds is 1. The Balaban J connectivity index is 2.27. The molecule has 1 aromatic rings. The summed E-state index contributed by atoms with van der Waals surface area (Å²) >= 11 is 11.9. The summed E-state index contributed by atoms with van der Waals surface area (Å²) in [6.45, 7) is 6.39. The van der Waals surface area contributed by atoms with Gasteiger partial charge in [-0.05, 0) is 39.0 Å². The van der Waals surface area contributed by atoms with Crippen LogP contribution in [0.25, 0.3) is 0 Å². The van der Waals surface area contributed by atoms with Crippen LogP contribution in [0.5, 0.6) is 0 Å². The third-order valence-corrected chi connectivity index (χ3v) is 3.26. The number of anilines is 1. The van der Waals surface area contributed by atoms with E-state index in [4.69, 9.17) is 23.2 Å². The molecule has 0 aliphatic carbocycles. The summed E-state index contributed by atoms with van der Waals surface area (Å²) in [7, 11) is 0. The number of hydrogen-bond donors (Lipinski definition) is 1. The Morgan fingerprint density at radius 1 is 1.28 bits per heavy atom. The standard InChI is InChI=1S/C12H15Cl2N3O/c1-12(2,3)16-7-11(18)17(15-16)10-5-4-8(13)6-9(10)14/h4-6,15H,7H2,1-3H3. The molecule has 1 aliphatic heterocycles. The number of nitrogens with one attached hydrogen (secondary N) is 1. The molecule has 0 unspecified atom stereocenters. The van der Waals surface area contributed by atoms with Gasteiger partial charge < -0.3 is 0 Å². The van der Waals surface area contributed by atoms with Crippen molar-refractivity contribution in [2.75, 3.05) is 11.6 Å². The van der Waals surface area contributed by atoms with Gasteiger partial charge in [0.1, 0.15) is 0 Å². The molecule has 0 radical (unpaired) electrons. The van der Waals surface area contributed by atoms with E-state index in [2.05, 4.69) is 5.53 Å². The molecule has 2 rings (SSSR count). The van der Waals surface area contributed by atoms with E-state index in [1.165, 1.54) is 5.01 Å². The van der Waals surface area contributed by atoms with E-state index in [0.29, 0.717) is 22.3 Å². The zero-order valence-corrected chi connectivity index (χ0v) is 12.0. The Kier molecular flexibility index (Phi) is 3.56. The highest BCUT2D eigenvalue weighted by molar-refractivity contribution is 6.36. The molecule has 0 atom stereocenters. The molecule has 6 heteroatoms. The zero-order chi connectivity index (χ0) is 13.5. The predicted octanol–water partition coefficient (Wildman–Crippen LogP) is 2.86. The van der Waals surface area contributed by atoms with Crippen molar-refractivity contribution in [3.63, 3.8) is 0 Å². The van der Waals surface area contributed by atoms with Crippen LogP contribution < -0.4 is 10.5 Å². The summed E-state index contributed by atoms with van der Waals surface area (Å²) in [5.41, 5.74) is 3.51. The molecule has 1 amide bonds. The van der Waals surface area contributed by atoms with Gasteiger partial charge in [0.15, 0.2) is 0 Å². The van der Waals surface area contributed by atoms with E-state index < -0.39 is 0 Å². The van der Waals surface area contributed by atoms with Crippen LogP contribution in [-0.4, -0.2) is 23.0 Å². The first kappa shape index (κ1) is 13.6. The predicted molar refractivity (Wildman–Crippen MR) is 73.5 cm³/mol. The Morgan fingerprint density at radius 3 is 2.44 bits per heavy atom. The van der Waals surface area contributed by atoms with Crippen LogP contribution in [0.4, 0.5) is 5.69 Å². The molecule has 0 bridgehead atoms. The highest BCUT2D eigenvalue weighted by Gasteiger charge is 2.35. The van der Waals surface area contributed by atoms with Gasteiger partial charge in [-0.25, -0.2) is 10.0 Å². The number of hydrogen-bond acceptors (Lipinski definition) is 3. The van der Waals surface area contributed by atoms with Gasteiger partial charge in [0.2, 0.25) is 0 Å². The van der Waals surface area contributed by atoms with Crippen LogP contribution in [0.2, 0.25) is 10.0 Å². The molecule has 0 spiro atoms. The van der Waals surface area contributed by atoms with Crippen molar-refractivity contribution < 1.29 is 4.79 Å². The normalized spacial score (nSPS) is 17.6. The molecule has 98 valence electrons. The van der Waals surface area contributed by atoms with E-state index in [1.807, 2.05) is 25.8 Å². The smallest absolute Gasteiger partial charge is 0.258 e. The Bertz CT molecular complexity index is 485. The van der Waals surface area contributed by atoms with Crippen molar-refractivity contribution in [2.45, 2.75) is 26.3 Å². The van der Waals surface area contributed by atoms with Crippen LogP contribution in [0.15, 0.2) is 18.2 Å². The molecular weight excluding hydrogens is 273 g/mol. The highest BCUT2D eigenvalue weighted by atomic mass is 35.5. The largest absolute Gasteiger partial charge is 0.271 e. The zero-order valence-electron chi connectivity index (χ0n) is 10.5. The molecule has 1 fully saturated rings. The van der Waals surface area contributed by atoms with Gasteiger partial charge in [-0.1, -0.05) is 23.2 Å². The van der Waals surface area contributed by atoms with Crippen molar-refractivity contribution in [3.05, 3.63) is 28.2 Å². The molecular formula is C12H15Cl2N3O. The fourth-order valence-electron chi connectivity index (χ4n) is 1.66. The molecule has 18 heavy (non-hydrogen) atoms. The molecule has 1 aromatic carbocycles. The minimum absolute atomic E-state index is 0.0471. The maximum absolute atomic E-state index is 12.0. The first-order chi connectivity index (χ1) is 8.29. The number of amides is 1. The first-order valence-electron chi connectivity index (χ1n) is 5.61. The van der Waals surface area contributed by atoms with E-state index in [1.54, 1.807) is 18.2 Å². The van der Waals surface area contributed by atoms with Crippen molar-refractivity contribution in [2.24, 2.45) is 0 Å². The minimum atomic E-state index is -0.149.